The van der Waals surface area contributed by atoms with Crippen molar-refractivity contribution in [3.05, 3.63) is 29.8 Å². The third kappa shape index (κ3) is 3.88. The first-order valence-electron chi connectivity index (χ1n) is 9.17. The average molecular weight is 358 g/mol. The van der Waals surface area contributed by atoms with Gasteiger partial charge in [0, 0.05) is 44.8 Å². The van der Waals surface area contributed by atoms with E-state index in [0.29, 0.717) is 32.7 Å². The third-order valence-corrected chi connectivity index (χ3v) is 5.20. The largest absolute Gasteiger partial charge is 0.369 e. The Kier molecular flexibility index (Phi) is 5.56. The van der Waals surface area contributed by atoms with Crippen molar-refractivity contribution in [2.24, 2.45) is 11.7 Å². The molecule has 7 nitrogen and oxygen atoms in total. The van der Waals surface area contributed by atoms with Crippen molar-refractivity contribution in [2.75, 3.05) is 44.2 Å². The van der Waals surface area contributed by atoms with Gasteiger partial charge in [0.15, 0.2) is 0 Å². The van der Waals surface area contributed by atoms with Crippen molar-refractivity contribution >= 4 is 23.4 Å². The fraction of sp³-hybridized carbons (Fsp3) is 0.526. The first kappa shape index (κ1) is 18.4. The number of anilines is 1. The molecule has 0 aliphatic carbocycles. The van der Waals surface area contributed by atoms with Crippen molar-refractivity contribution in [1.82, 2.24) is 9.80 Å². The standard InChI is InChI=1S/C19H26N4O3/c1-2-14-5-3-4-6-16(14)23-12-15(11-18(23)25)19(26)22-9-7-21(8-10-22)13-17(20)24/h3-6,15H,2,7-13H2,1H3,(H2,20,24). The van der Waals surface area contributed by atoms with Gasteiger partial charge in [0.05, 0.1) is 12.5 Å². The number of carbonyl (C=O) groups is 3. The molecular formula is C19H26N4O3. The zero-order valence-corrected chi connectivity index (χ0v) is 15.2. The molecule has 2 N–H and O–H groups in total. The molecule has 2 aliphatic rings. The van der Waals surface area contributed by atoms with Crippen molar-refractivity contribution < 1.29 is 14.4 Å². The highest BCUT2D eigenvalue weighted by Gasteiger charge is 2.38. The molecule has 2 heterocycles. The Morgan fingerprint density at radius 1 is 1.15 bits per heavy atom. The number of rotatable bonds is 5. The second kappa shape index (κ2) is 7.86. The summed E-state index contributed by atoms with van der Waals surface area (Å²) in [6, 6.07) is 7.87. The quantitative estimate of drug-likeness (QED) is 0.816. The number of hydrogen-bond donors (Lipinski definition) is 1. The van der Waals surface area contributed by atoms with E-state index in [9.17, 15) is 14.4 Å². The normalized spacial score (nSPS) is 21.3. The maximum absolute atomic E-state index is 12.8. The zero-order chi connectivity index (χ0) is 18.7. The molecule has 1 atom stereocenters. The van der Waals surface area contributed by atoms with Crippen LogP contribution in [0.25, 0.3) is 0 Å². The Morgan fingerprint density at radius 3 is 2.50 bits per heavy atom. The molecule has 1 aromatic carbocycles. The first-order chi connectivity index (χ1) is 12.5. The summed E-state index contributed by atoms with van der Waals surface area (Å²) in [6.07, 6.45) is 1.11. The van der Waals surface area contributed by atoms with E-state index in [1.54, 1.807) is 4.90 Å². The molecule has 7 heteroatoms. The predicted octanol–water partition coefficient (Wildman–Crippen LogP) is 0.231. The second-order valence-electron chi connectivity index (χ2n) is 6.96. The lowest BCUT2D eigenvalue weighted by molar-refractivity contribution is -0.137. The topological polar surface area (TPSA) is 86.9 Å². The summed E-state index contributed by atoms with van der Waals surface area (Å²) >= 11 is 0. The Labute approximate surface area is 153 Å². The third-order valence-electron chi connectivity index (χ3n) is 5.20. The molecule has 140 valence electrons. The maximum Gasteiger partial charge on any atom is 0.231 e. The van der Waals surface area contributed by atoms with Gasteiger partial charge in [-0.3, -0.25) is 19.3 Å². The van der Waals surface area contributed by atoms with E-state index in [0.717, 1.165) is 17.7 Å². The fourth-order valence-electron chi connectivity index (χ4n) is 3.78. The minimum atomic E-state index is -0.351. The van der Waals surface area contributed by atoms with E-state index in [2.05, 4.69) is 6.92 Å². The molecule has 0 spiro atoms. The number of piperazine rings is 1. The summed E-state index contributed by atoms with van der Waals surface area (Å²) < 4.78 is 0. The van der Waals surface area contributed by atoms with Crippen LogP contribution >= 0.6 is 0 Å². The van der Waals surface area contributed by atoms with Crippen LogP contribution in [0, 0.1) is 5.92 Å². The van der Waals surface area contributed by atoms with Gasteiger partial charge in [0.2, 0.25) is 17.7 Å². The van der Waals surface area contributed by atoms with Crippen molar-refractivity contribution in [2.45, 2.75) is 19.8 Å². The van der Waals surface area contributed by atoms with Crippen molar-refractivity contribution in [3.63, 3.8) is 0 Å². The summed E-state index contributed by atoms with van der Waals surface area (Å²) in [4.78, 5) is 41.9. The second-order valence-corrected chi connectivity index (χ2v) is 6.96. The maximum atomic E-state index is 12.8. The predicted molar refractivity (Wildman–Crippen MR) is 98.5 cm³/mol. The summed E-state index contributed by atoms with van der Waals surface area (Å²) in [5, 5.41) is 0. The minimum Gasteiger partial charge on any atom is -0.369 e. The smallest absolute Gasteiger partial charge is 0.231 e. The van der Waals surface area contributed by atoms with Crippen LogP contribution < -0.4 is 10.6 Å². The van der Waals surface area contributed by atoms with Gasteiger partial charge in [-0.1, -0.05) is 25.1 Å². The number of para-hydroxylation sites is 1. The fourth-order valence-corrected chi connectivity index (χ4v) is 3.78. The van der Waals surface area contributed by atoms with Gasteiger partial charge in [-0.05, 0) is 18.1 Å². The van der Waals surface area contributed by atoms with Gasteiger partial charge in [-0.25, -0.2) is 0 Å². The van der Waals surface area contributed by atoms with Gasteiger partial charge in [-0.15, -0.1) is 0 Å². The number of benzene rings is 1. The van der Waals surface area contributed by atoms with Gasteiger partial charge < -0.3 is 15.5 Å². The molecule has 1 unspecified atom stereocenters. The van der Waals surface area contributed by atoms with Crippen LogP contribution in [0.1, 0.15) is 18.9 Å². The first-order valence-corrected chi connectivity index (χ1v) is 9.17. The molecule has 0 saturated carbocycles. The van der Waals surface area contributed by atoms with E-state index in [1.807, 2.05) is 34.1 Å². The number of aryl methyl sites for hydroxylation is 1. The lowest BCUT2D eigenvalue weighted by atomic mass is 10.1. The minimum absolute atomic E-state index is 0.0108. The lowest BCUT2D eigenvalue weighted by Gasteiger charge is -2.35. The molecule has 2 fully saturated rings. The molecule has 1 aromatic rings. The SMILES string of the molecule is CCc1ccccc1N1CC(C(=O)N2CCN(CC(N)=O)CC2)CC1=O. The van der Waals surface area contributed by atoms with E-state index < -0.39 is 0 Å². The molecule has 0 aromatic heterocycles. The molecule has 2 saturated heterocycles. The van der Waals surface area contributed by atoms with Crippen LogP contribution in [0.3, 0.4) is 0 Å². The van der Waals surface area contributed by atoms with Gasteiger partial charge in [0.25, 0.3) is 0 Å². The summed E-state index contributed by atoms with van der Waals surface area (Å²) in [5.41, 5.74) is 7.26. The van der Waals surface area contributed by atoms with Gasteiger partial charge >= 0.3 is 0 Å². The molecule has 0 radical (unpaired) electrons. The van der Waals surface area contributed by atoms with Crippen molar-refractivity contribution in [1.29, 1.82) is 0 Å². The Morgan fingerprint density at radius 2 is 1.85 bits per heavy atom. The van der Waals surface area contributed by atoms with Crippen LogP contribution in [-0.2, 0) is 20.8 Å². The van der Waals surface area contributed by atoms with Crippen LogP contribution in [-0.4, -0.2) is 66.8 Å². The van der Waals surface area contributed by atoms with E-state index in [-0.39, 0.29) is 36.6 Å². The number of nitrogens with two attached hydrogens (primary N) is 1. The molecule has 3 rings (SSSR count). The average Bonchev–Trinajstić information content (AvgIpc) is 3.02. The summed E-state index contributed by atoms with van der Waals surface area (Å²) in [5.74, 6) is -0.600. The van der Waals surface area contributed by atoms with Gasteiger partial charge in [0.1, 0.15) is 0 Å². The lowest BCUT2D eigenvalue weighted by Crippen LogP contribution is -2.52. The number of nitrogens with zero attached hydrogens (tertiary/aromatic N) is 3. The number of carbonyl (C=O) groups excluding carboxylic acids is 3. The van der Waals surface area contributed by atoms with E-state index in [4.69, 9.17) is 5.73 Å². The highest BCUT2D eigenvalue weighted by atomic mass is 16.2. The Balaban J connectivity index is 1.62. The molecule has 0 bridgehead atoms. The molecule has 2 aliphatic heterocycles. The number of hydrogen-bond acceptors (Lipinski definition) is 4. The summed E-state index contributed by atoms with van der Waals surface area (Å²) in [7, 11) is 0. The molecule has 26 heavy (non-hydrogen) atoms. The number of primary amides is 1. The molecular weight excluding hydrogens is 332 g/mol. The van der Waals surface area contributed by atoms with Crippen LogP contribution in [0.5, 0.6) is 0 Å². The van der Waals surface area contributed by atoms with E-state index >= 15 is 0 Å². The number of amides is 3. The zero-order valence-electron chi connectivity index (χ0n) is 15.2. The van der Waals surface area contributed by atoms with E-state index in [1.165, 1.54) is 0 Å². The highest BCUT2D eigenvalue weighted by molar-refractivity contribution is 6.00. The van der Waals surface area contributed by atoms with Crippen LogP contribution in [0.4, 0.5) is 5.69 Å². The Bertz CT molecular complexity index is 698. The van der Waals surface area contributed by atoms with Crippen molar-refractivity contribution in [3.8, 4) is 0 Å². The molecule has 3 amide bonds. The van der Waals surface area contributed by atoms with Crippen LogP contribution in [0.2, 0.25) is 0 Å². The van der Waals surface area contributed by atoms with Crippen LogP contribution in [0.15, 0.2) is 24.3 Å². The highest BCUT2D eigenvalue weighted by Crippen LogP contribution is 2.29. The monoisotopic (exact) mass is 358 g/mol. The Hall–Kier alpha value is -2.41. The van der Waals surface area contributed by atoms with Gasteiger partial charge in [-0.2, -0.15) is 0 Å². The summed E-state index contributed by atoms with van der Waals surface area (Å²) in [6.45, 7) is 5.15.